The first-order valence-corrected chi connectivity index (χ1v) is 19.0. The zero-order chi connectivity index (χ0) is 39.5. The number of pyridine rings is 3. The second kappa shape index (κ2) is 32.7. The molecule has 1 aromatic carbocycles. The molecule has 290 valence electrons. The van der Waals surface area contributed by atoms with Crippen LogP contribution in [-0.4, -0.2) is 87.8 Å². The van der Waals surface area contributed by atoms with Gasteiger partial charge in [0.25, 0.3) is 0 Å². The van der Waals surface area contributed by atoms with Crippen LogP contribution >= 0.6 is 0 Å². The third-order valence-corrected chi connectivity index (χ3v) is 7.82. The summed E-state index contributed by atoms with van der Waals surface area (Å²) >= 11 is 0. The van der Waals surface area contributed by atoms with Gasteiger partial charge in [-0.3, -0.25) is 19.9 Å². The maximum absolute atomic E-state index is 3.98. The average molecular weight is 731 g/mol. The first-order valence-electron chi connectivity index (χ1n) is 19.0. The molecule has 8 nitrogen and oxygen atoms in total. The predicted molar refractivity (Wildman–Crippen MR) is 230 cm³/mol. The lowest BCUT2D eigenvalue weighted by atomic mass is 10.1. The van der Waals surface area contributed by atoms with Gasteiger partial charge in [0.1, 0.15) is 6.33 Å². The van der Waals surface area contributed by atoms with Crippen molar-refractivity contribution in [1.82, 2.24) is 34.7 Å². The van der Waals surface area contributed by atoms with Crippen LogP contribution in [0.3, 0.4) is 0 Å². The molecule has 0 amide bonds. The minimum atomic E-state index is 0.895. The van der Waals surface area contributed by atoms with Crippen LogP contribution in [0.15, 0.2) is 139 Å². The van der Waals surface area contributed by atoms with Gasteiger partial charge in [0, 0.05) is 55.3 Å². The van der Waals surface area contributed by atoms with E-state index < -0.39 is 0 Å². The summed E-state index contributed by atoms with van der Waals surface area (Å²) in [6.45, 7) is 18.3. The summed E-state index contributed by atoms with van der Waals surface area (Å²) in [5.74, 6) is 0. The van der Waals surface area contributed by atoms with E-state index in [0.29, 0.717) is 0 Å². The van der Waals surface area contributed by atoms with Crippen LogP contribution in [0, 0.1) is 34.6 Å². The Labute approximate surface area is 327 Å². The number of likely N-dealkylation sites (tertiary alicyclic amines) is 2. The molecule has 54 heavy (non-hydrogen) atoms. The number of allylic oxidation sites excluding steroid dienone is 1. The van der Waals surface area contributed by atoms with Gasteiger partial charge < -0.3 is 9.80 Å². The lowest BCUT2D eigenvalue weighted by molar-refractivity contribution is 0.277. The molecule has 3 aliphatic rings. The van der Waals surface area contributed by atoms with E-state index >= 15 is 0 Å². The zero-order valence-electron chi connectivity index (χ0n) is 34.4. The van der Waals surface area contributed by atoms with E-state index in [0.717, 1.165) is 17.8 Å². The van der Waals surface area contributed by atoms with Gasteiger partial charge in [0.2, 0.25) is 0 Å². The minimum Gasteiger partial charge on any atom is -0.306 e. The Morgan fingerprint density at radius 2 is 1.00 bits per heavy atom. The molecule has 0 N–H and O–H groups in total. The first kappa shape index (κ1) is 47.1. The van der Waals surface area contributed by atoms with E-state index in [1.807, 2.05) is 101 Å². The second-order valence-corrected chi connectivity index (χ2v) is 13.4. The standard InChI is InChI=1S/C7H8.2C6H7N.C6H13N.C6H7N.C5H6N2.C5H7N.C5H11N/c1-7-5-3-2-4-6-7;1-6-2-4-7-5-3-6;1-6-3-2-4-7-5-6;1-7-5-3-2-4-6-7;1-6-4-2-3-5-7-6;1-5-2-6-4-7-3-5;1-5-2-3-6-4-5;1-6-4-2-3-5-6/h2-6H,1H3;2*2-5H,1H3;2-6H2,1H3;2-5H,1H3;2-4H,1H3;2,4H,3H2,1H3;2-5H2,1H3. The lowest BCUT2D eigenvalue weighted by Crippen LogP contribution is -2.24. The Kier molecular flexibility index (Phi) is 28.5. The topological polar surface area (TPSA) is 83.3 Å². The minimum absolute atomic E-state index is 0.895. The van der Waals surface area contributed by atoms with Gasteiger partial charge in [-0.05, 0) is 160 Å². The molecule has 0 atom stereocenters. The SMILES string of the molecule is CC1=CCN=C1.CN1CCCC1.CN1CCCCC1.Cc1ccccc1.Cc1ccccn1.Cc1cccnc1.Cc1ccncc1.Cc1cncnc1. The largest absolute Gasteiger partial charge is 0.306 e. The van der Waals surface area contributed by atoms with E-state index in [1.165, 1.54) is 86.9 Å². The molecular weight excluding hydrogens is 665 g/mol. The van der Waals surface area contributed by atoms with Crippen molar-refractivity contribution in [2.24, 2.45) is 4.99 Å². The highest BCUT2D eigenvalue weighted by atomic mass is 15.1. The Morgan fingerprint density at radius 1 is 0.463 bits per heavy atom. The van der Waals surface area contributed by atoms with Gasteiger partial charge in [-0.2, -0.15) is 0 Å². The Bertz CT molecular complexity index is 1350. The summed E-state index contributed by atoms with van der Waals surface area (Å²) in [5, 5.41) is 0. The lowest BCUT2D eigenvalue weighted by Gasteiger charge is -2.20. The molecular formula is C46H66N8. The Hall–Kier alpha value is -4.92. The monoisotopic (exact) mass is 731 g/mol. The van der Waals surface area contributed by atoms with E-state index in [1.54, 1.807) is 37.2 Å². The maximum Gasteiger partial charge on any atom is 0.115 e. The molecule has 3 aliphatic heterocycles. The van der Waals surface area contributed by atoms with E-state index in [2.05, 4.69) is 85.9 Å². The van der Waals surface area contributed by atoms with Crippen LogP contribution in [0.25, 0.3) is 0 Å². The van der Waals surface area contributed by atoms with Crippen molar-refractivity contribution in [2.45, 2.75) is 73.6 Å². The third-order valence-electron chi connectivity index (χ3n) is 7.82. The molecule has 4 aromatic heterocycles. The van der Waals surface area contributed by atoms with Crippen molar-refractivity contribution >= 4 is 6.21 Å². The van der Waals surface area contributed by atoms with Gasteiger partial charge in [-0.25, -0.2) is 9.97 Å². The van der Waals surface area contributed by atoms with E-state index in [-0.39, 0.29) is 0 Å². The number of aliphatic imine (C=N–C) groups is 1. The van der Waals surface area contributed by atoms with Gasteiger partial charge in [-0.15, -0.1) is 0 Å². The summed E-state index contributed by atoms with van der Waals surface area (Å²) in [6, 6.07) is 24.0. The average Bonchev–Trinajstić information content (AvgIpc) is 3.89. The smallest absolute Gasteiger partial charge is 0.115 e. The number of piperidine rings is 1. The summed E-state index contributed by atoms with van der Waals surface area (Å²) < 4.78 is 0. The number of benzene rings is 1. The van der Waals surface area contributed by atoms with Crippen molar-refractivity contribution in [3.63, 3.8) is 0 Å². The number of hydrogen-bond donors (Lipinski definition) is 0. The van der Waals surface area contributed by atoms with Crippen LogP contribution in [0.4, 0.5) is 0 Å². The highest BCUT2D eigenvalue weighted by Crippen LogP contribution is 2.05. The van der Waals surface area contributed by atoms with Crippen molar-refractivity contribution < 1.29 is 0 Å². The number of rotatable bonds is 0. The molecule has 8 heteroatoms. The fourth-order valence-electron chi connectivity index (χ4n) is 4.60. The Balaban J connectivity index is 0.000000309. The molecule has 0 spiro atoms. The summed E-state index contributed by atoms with van der Waals surface area (Å²) in [6.07, 6.45) is 25.1. The van der Waals surface area contributed by atoms with E-state index in [9.17, 15) is 0 Å². The maximum atomic E-state index is 3.98. The highest BCUT2D eigenvalue weighted by Gasteiger charge is 2.03. The summed E-state index contributed by atoms with van der Waals surface area (Å²) in [5.41, 5.74) is 7.25. The van der Waals surface area contributed by atoms with Gasteiger partial charge >= 0.3 is 0 Å². The van der Waals surface area contributed by atoms with Gasteiger partial charge in [-0.1, -0.05) is 60.5 Å². The molecule has 0 bridgehead atoms. The van der Waals surface area contributed by atoms with Crippen LogP contribution in [0.2, 0.25) is 0 Å². The van der Waals surface area contributed by atoms with Crippen LogP contribution in [0.5, 0.6) is 0 Å². The fourth-order valence-corrected chi connectivity index (χ4v) is 4.60. The quantitative estimate of drug-likeness (QED) is 0.157. The van der Waals surface area contributed by atoms with Crippen LogP contribution in [-0.2, 0) is 0 Å². The molecule has 2 saturated heterocycles. The predicted octanol–water partition coefficient (Wildman–Crippen LogP) is 9.78. The van der Waals surface area contributed by atoms with Crippen molar-refractivity contribution in [3.05, 3.63) is 162 Å². The normalized spacial score (nSPS) is 13.8. The summed E-state index contributed by atoms with van der Waals surface area (Å²) in [4.78, 5) is 28.0. The summed E-state index contributed by atoms with van der Waals surface area (Å²) in [7, 11) is 4.37. The molecule has 2 fully saturated rings. The molecule has 0 unspecified atom stereocenters. The molecule has 0 aliphatic carbocycles. The van der Waals surface area contributed by atoms with Crippen molar-refractivity contribution in [3.8, 4) is 0 Å². The number of aryl methyl sites for hydroxylation is 5. The van der Waals surface area contributed by atoms with Gasteiger partial charge in [0.05, 0.1) is 6.54 Å². The molecule has 0 radical (unpaired) electrons. The third kappa shape index (κ3) is 30.7. The molecule has 7 heterocycles. The number of nitrogens with zero attached hydrogens (tertiary/aromatic N) is 8. The zero-order valence-corrected chi connectivity index (χ0v) is 34.4. The van der Waals surface area contributed by atoms with Crippen molar-refractivity contribution in [2.75, 3.05) is 46.8 Å². The van der Waals surface area contributed by atoms with Crippen LogP contribution in [0.1, 0.15) is 67.0 Å². The molecule has 8 rings (SSSR count). The van der Waals surface area contributed by atoms with Gasteiger partial charge in [0.15, 0.2) is 0 Å². The molecule has 0 saturated carbocycles. The highest BCUT2D eigenvalue weighted by molar-refractivity contribution is 5.79. The number of hydrogen-bond acceptors (Lipinski definition) is 8. The Morgan fingerprint density at radius 3 is 1.24 bits per heavy atom. The second-order valence-electron chi connectivity index (χ2n) is 13.4. The fraction of sp³-hybridized carbons (Fsp3) is 0.391. The van der Waals surface area contributed by atoms with Crippen LogP contribution < -0.4 is 0 Å². The van der Waals surface area contributed by atoms with E-state index in [4.69, 9.17) is 0 Å². The molecule has 5 aromatic rings. The number of aromatic nitrogens is 5. The first-order chi connectivity index (χ1) is 26.2. The van der Waals surface area contributed by atoms with Crippen molar-refractivity contribution in [1.29, 1.82) is 0 Å².